The molecule has 0 radical (unpaired) electrons. The summed E-state index contributed by atoms with van der Waals surface area (Å²) in [5.74, 6) is 0.107. The summed E-state index contributed by atoms with van der Waals surface area (Å²) in [6.07, 6.45) is 3.68. The van der Waals surface area contributed by atoms with E-state index in [1.807, 2.05) is 0 Å². The first-order valence-electron chi connectivity index (χ1n) is 6.35. The molecule has 1 atom stereocenters. The van der Waals surface area contributed by atoms with Crippen molar-refractivity contribution in [2.75, 3.05) is 33.2 Å². The zero-order valence-corrected chi connectivity index (χ0v) is 10.4. The van der Waals surface area contributed by atoms with Crippen molar-refractivity contribution in [1.82, 2.24) is 15.1 Å². The molecule has 0 aromatic rings. The fourth-order valence-corrected chi connectivity index (χ4v) is 2.88. The van der Waals surface area contributed by atoms with Gasteiger partial charge in [-0.15, -0.1) is 0 Å². The molecule has 0 saturated carbocycles. The van der Waals surface area contributed by atoms with Crippen LogP contribution in [-0.2, 0) is 4.79 Å². The molecule has 2 rings (SSSR count). The molecule has 4 heteroatoms. The molecule has 16 heavy (non-hydrogen) atoms. The van der Waals surface area contributed by atoms with Crippen LogP contribution in [0.5, 0.6) is 0 Å². The maximum absolute atomic E-state index is 11.0. The number of rotatable bonds is 2. The second-order valence-electron chi connectivity index (χ2n) is 5.22. The van der Waals surface area contributed by atoms with Crippen molar-refractivity contribution < 1.29 is 4.79 Å². The Bertz CT molecular complexity index is 249. The van der Waals surface area contributed by atoms with Crippen LogP contribution in [0.25, 0.3) is 0 Å². The molecule has 0 aliphatic carbocycles. The zero-order chi connectivity index (χ0) is 11.5. The van der Waals surface area contributed by atoms with Crippen LogP contribution < -0.4 is 5.32 Å². The van der Waals surface area contributed by atoms with E-state index < -0.39 is 0 Å². The van der Waals surface area contributed by atoms with Crippen LogP contribution in [0, 0.1) is 0 Å². The predicted octanol–water partition coefficient (Wildman–Crippen LogP) is 0.291. The molecule has 0 aromatic carbocycles. The van der Waals surface area contributed by atoms with Gasteiger partial charge in [-0.05, 0) is 39.4 Å². The van der Waals surface area contributed by atoms with E-state index in [1.54, 1.807) is 6.92 Å². The molecule has 2 saturated heterocycles. The van der Waals surface area contributed by atoms with Gasteiger partial charge in [0.05, 0.1) is 0 Å². The van der Waals surface area contributed by atoms with Gasteiger partial charge in [0.25, 0.3) is 0 Å². The Morgan fingerprint density at radius 2 is 1.88 bits per heavy atom. The van der Waals surface area contributed by atoms with E-state index >= 15 is 0 Å². The molecule has 2 aliphatic rings. The lowest BCUT2D eigenvalue weighted by Gasteiger charge is -2.35. The smallest absolute Gasteiger partial charge is 0.217 e. The molecular formula is C12H23N3O. The molecule has 1 N–H and O–H groups in total. The third-order valence-electron chi connectivity index (χ3n) is 3.83. The minimum Gasteiger partial charge on any atom is -0.352 e. The van der Waals surface area contributed by atoms with E-state index in [0.717, 1.165) is 25.6 Å². The number of nitrogens with one attached hydrogen (secondary N) is 1. The average molecular weight is 225 g/mol. The van der Waals surface area contributed by atoms with Gasteiger partial charge in [0.2, 0.25) is 5.91 Å². The zero-order valence-electron chi connectivity index (χ0n) is 10.4. The van der Waals surface area contributed by atoms with Gasteiger partial charge in [-0.1, -0.05) is 0 Å². The summed E-state index contributed by atoms with van der Waals surface area (Å²) in [6.45, 7) is 6.24. The standard InChI is InChI=1S/C12H23N3O/c1-10(16)13-11-3-8-15(9-11)12-4-6-14(2)7-5-12/h11-12H,3-9H2,1-2H3,(H,13,16). The molecule has 0 bridgehead atoms. The lowest BCUT2D eigenvalue weighted by atomic mass is 10.0. The number of carbonyl (C=O) groups is 1. The van der Waals surface area contributed by atoms with Gasteiger partial charge in [0.1, 0.15) is 0 Å². The van der Waals surface area contributed by atoms with Crippen molar-refractivity contribution in [3.8, 4) is 0 Å². The first-order valence-corrected chi connectivity index (χ1v) is 6.35. The van der Waals surface area contributed by atoms with Crippen LogP contribution in [0.2, 0.25) is 0 Å². The lowest BCUT2D eigenvalue weighted by Crippen LogP contribution is -2.44. The van der Waals surface area contributed by atoms with Crippen molar-refractivity contribution in [3.63, 3.8) is 0 Å². The molecule has 1 unspecified atom stereocenters. The first-order chi connectivity index (χ1) is 7.65. The van der Waals surface area contributed by atoms with E-state index in [2.05, 4.69) is 22.2 Å². The summed E-state index contributed by atoms with van der Waals surface area (Å²) in [6, 6.07) is 1.13. The first kappa shape index (κ1) is 11.9. The Labute approximate surface area is 98.0 Å². The highest BCUT2D eigenvalue weighted by Gasteiger charge is 2.30. The van der Waals surface area contributed by atoms with Gasteiger partial charge >= 0.3 is 0 Å². The van der Waals surface area contributed by atoms with E-state index in [-0.39, 0.29) is 5.91 Å². The fourth-order valence-electron chi connectivity index (χ4n) is 2.88. The molecule has 92 valence electrons. The quantitative estimate of drug-likeness (QED) is 0.734. The van der Waals surface area contributed by atoms with Gasteiger partial charge in [0, 0.05) is 32.1 Å². The summed E-state index contributed by atoms with van der Waals surface area (Å²) in [7, 11) is 2.19. The summed E-state index contributed by atoms with van der Waals surface area (Å²) in [4.78, 5) is 16.0. The van der Waals surface area contributed by atoms with Crippen LogP contribution in [0.1, 0.15) is 26.2 Å². The van der Waals surface area contributed by atoms with Crippen molar-refractivity contribution in [2.24, 2.45) is 0 Å². The summed E-state index contributed by atoms with van der Waals surface area (Å²) in [5, 5.41) is 3.03. The normalized spacial score (nSPS) is 29.5. The monoisotopic (exact) mass is 225 g/mol. The predicted molar refractivity (Wildman–Crippen MR) is 64.3 cm³/mol. The number of hydrogen-bond acceptors (Lipinski definition) is 3. The maximum Gasteiger partial charge on any atom is 0.217 e. The number of amides is 1. The Balaban J connectivity index is 1.77. The Morgan fingerprint density at radius 1 is 1.19 bits per heavy atom. The third-order valence-corrected chi connectivity index (χ3v) is 3.83. The van der Waals surface area contributed by atoms with Crippen molar-refractivity contribution in [3.05, 3.63) is 0 Å². The van der Waals surface area contributed by atoms with Gasteiger partial charge in [0.15, 0.2) is 0 Å². The van der Waals surface area contributed by atoms with E-state index in [0.29, 0.717) is 6.04 Å². The van der Waals surface area contributed by atoms with Crippen LogP contribution in [0.3, 0.4) is 0 Å². The van der Waals surface area contributed by atoms with Gasteiger partial charge in [-0.3, -0.25) is 9.69 Å². The second-order valence-corrected chi connectivity index (χ2v) is 5.22. The Morgan fingerprint density at radius 3 is 2.50 bits per heavy atom. The summed E-state index contributed by atoms with van der Waals surface area (Å²) in [5.41, 5.74) is 0. The van der Waals surface area contributed by atoms with E-state index in [4.69, 9.17) is 0 Å². The molecular weight excluding hydrogens is 202 g/mol. The fraction of sp³-hybridized carbons (Fsp3) is 0.917. The molecule has 1 amide bonds. The minimum absolute atomic E-state index is 0.107. The SMILES string of the molecule is CC(=O)NC1CCN(C2CCN(C)CC2)C1. The van der Waals surface area contributed by atoms with Crippen LogP contribution in [0.15, 0.2) is 0 Å². The van der Waals surface area contributed by atoms with Crippen LogP contribution in [0.4, 0.5) is 0 Å². The third kappa shape index (κ3) is 2.95. The largest absolute Gasteiger partial charge is 0.352 e. The highest BCUT2D eigenvalue weighted by atomic mass is 16.1. The lowest BCUT2D eigenvalue weighted by molar-refractivity contribution is -0.119. The molecule has 2 heterocycles. The van der Waals surface area contributed by atoms with Crippen molar-refractivity contribution in [2.45, 2.75) is 38.3 Å². The van der Waals surface area contributed by atoms with Gasteiger partial charge in [-0.2, -0.15) is 0 Å². The maximum atomic E-state index is 11.0. The molecule has 2 aliphatic heterocycles. The van der Waals surface area contributed by atoms with E-state index in [9.17, 15) is 4.79 Å². The highest BCUT2D eigenvalue weighted by Crippen LogP contribution is 2.20. The van der Waals surface area contributed by atoms with E-state index in [1.165, 1.54) is 25.9 Å². The number of likely N-dealkylation sites (tertiary alicyclic amines) is 2. The Hall–Kier alpha value is -0.610. The molecule has 0 aromatic heterocycles. The average Bonchev–Trinajstić information content (AvgIpc) is 2.66. The Kier molecular flexibility index (Phi) is 3.82. The van der Waals surface area contributed by atoms with Gasteiger partial charge < -0.3 is 10.2 Å². The number of hydrogen-bond donors (Lipinski definition) is 1. The topological polar surface area (TPSA) is 35.6 Å². The number of piperidine rings is 1. The minimum atomic E-state index is 0.107. The molecule has 4 nitrogen and oxygen atoms in total. The molecule has 2 fully saturated rings. The summed E-state index contributed by atoms with van der Waals surface area (Å²) < 4.78 is 0. The van der Waals surface area contributed by atoms with Crippen molar-refractivity contribution in [1.29, 1.82) is 0 Å². The number of nitrogens with zero attached hydrogens (tertiary/aromatic N) is 2. The van der Waals surface area contributed by atoms with Crippen LogP contribution in [-0.4, -0.2) is 61.0 Å². The van der Waals surface area contributed by atoms with Gasteiger partial charge in [-0.25, -0.2) is 0 Å². The van der Waals surface area contributed by atoms with Crippen LogP contribution >= 0.6 is 0 Å². The van der Waals surface area contributed by atoms with Crippen molar-refractivity contribution >= 4 is 5.91 Å². The number of carbonyl (C=O) groups excluding carboxylic acids is 1. The summed E-state index contributed by atoms with van der Waals surface area (Å²) >= 11 is 0. The highest BCUT2D eigenvalue weighted by molar-refractivity contribution is 5.73. The second kappa shape index (κ2) is 5.15. The molecule has 0 spiro atoms.